The summed E-state index contributed by atoms with van der Waals surface area (Å²) in [5, 5.41) is 19.6. The number of hydrogen-bond acceptors (Lipinski definition) is 2. The Morgan fingerprint density at radius 2 is 1.64 bits per heavy atom. The van der Waals surface area contributed by atoms with Crippen LogP contribution in [0.25, 0.3) is 0 Å². The highest BCUT2D eigenvalue weighted by molar-refractivity contribution is 5.75. The van der Waals surface area contributed by atoms with E-state index in [9.17, 15) is 15.0 Å². The Labute approximate surface area is 152 Å². The molecule has 0 aliphatic heterocycles. The molecule has 1 aliphatic carbocycles. The molecule has 0 heterocycles. The first-order valence-electron chi connectivity index (χ1n) is 9.75. The molecule has 3 heteroatoms. The molecule has 0 bridgehead atoms. The Kier molecular flexibility index (Phi) is 10.9. The van der Waals surface area contributed by atoms with Gasteiger partial charge in [-0.25, -0.2) is 0 Å². The lowest BCUT2D eigenvalue weighted by Crippen LogP contribution is -2.38. The van der Waals surface area contributed by atoms with Gasteiger partial charge in [0, 0.05) is 0 Å². The van der Waals surface area contributed by atoms with Crippen molar-refractivity contribution in [3.8, 4) is 0 Å². The number of carboxylic acids is 1. The molecule has 0 saturated carbocycles. The molecule has 2 unspecified atom stereocenters. The molecule has 0 fully saturated rings. The summed E-state index contributed by atoms with van der Waals surface area (Å²) in [5.74, 6) is -1.95. The van der Waals surface area contributed by atoms with Crippen molar-refractivity contribution in [2.45, 2.75) is 76.7 Å². The molecule has 0 aromatic heterocycles. The van der Waals surface area contributed by atoms with Crippen molar-refractivity contribution in [1.29, 1.82) is 0 Å². The van der Waals surface area contributed by atoms with Crippen LogP contribution in [0.15, 0.2) is 48.6 Å². The molecule has 1 aliphatic rings. The van der Waals surface area contributed by atoms with Crippen molar-refractivity contribution >= 4 is 5.97 Å². The van der Waals surface area contributed by atoms with E-state index in [0.29, 0.717) is 0 Å². The van der Waals surface area contributed by atoms with Crippen molar-refractivity contribution in [1.82, 2.24) is 0 Å². The van der Waals surface area contributed by atoms with Crippen molar-refractivity contribution in [3.63, 3.8) is 0 Å². The fourth-order valence-electron chi connectivity index (χ4n) is 3.04. The molecule has 2 N–H and O–H groups in total. The molecule has 1 rings (SSSR count). The first-order valence-corrected chi connectivity index (χ1v) is 9.75. The zero-order valence-electron chi connectivity index (χ0n) is 15.6. The summed E-state index contributed by atoms with van der Waals surface area (Å²) in [7, 11) is 0. The number of allylic oxidation sites excluding steroid dienone is 5. The van der Waals surface area contributed by atoms with E-state index in [1.165, 1.54) is 69.9 Å². The molecule has 0 saturated heterocycles. The third kappa shape index (κ3) is 8.87. The molecular formula is C22H34O3. The molecule has 0 aromatic carbocycles. The maximum atomic E-state index is 11.2. The van der Waals surface area contributed by atoms with Gasteiger partial charge in [-0.3, -0.25) is 4.79 Å². The molecule has 0 spiro atoms. The lowest BCUT2D eigenvalue weighted by molar-refractivity contribution is -0.144. The van der Waals surface area contributed by atoms with Gasteiger partial charge in [-0.15, -0.1) is 0 Å². The van der Waals surface area contributed by atoms with Crippen LogP contribution in [0.3, 0.4) is 0 Å². The largest absolute Gasteiger partial charge is 0.481 e. The van der Waals surface area contributed by atoms with Crippen LogP contribution in [0, 0.1) is 5.92 Å². The third-order valence-electron chi connectivity index (χ3n) is 4.63. The molecule has 0 radical (unpaired) electrons. The Hall–Kier alpha value is -1.61. The number of carboxylic acid groups (broad SMARTS) is 1. The summed E-state index contributed by atoms with van der Waals surface area (Å²) in [6.07, 6.45) is 26.6. The van der Waals surface area contributed by atoms with Crippen molar-refractivity contribution < 1.29 is 15.0 Å². The number of rotatable bonds is 13. The second-order valence-corrected chi connectivity index (χ2v) is 6.85. The van der Waals surface area contributed by atoms with Crippen LogP contribution in [0.4, 0.5) is 0 Å². The summed E-state index contributed by atoms with van der Waals surface area (Å²) in [6.45, 7) is 2.25. The number of carbonyl (C=O) groups is 1. The summed E-state index contributed by atoms with van der Waals surface area (Å²) >= 11 is 0. The number of hydrogen-bond donors (Lipinski definition) is 2. The molecule has 25 heavy (non-hydrogen) atoms. The van der Waals surface area contributed by atoms with Gasteiger partial charge in [0.25, 0.3) is 0 Å². The van der Waals surface area contributed by atoms with Crippen LogP contribution in [0.1, 0.15) is 71.1 Å². The third-order valence-corrected chi connectivity index (χ3v) is 4.63. The average molecular weight is 347 g/mol. The highest BCUT2D eigenvalue weighted by Gasteiger charge is 2.36. The van der Waals surface area contributed by atoms with Crippen molar-refractivity contribution in [2.24, 2.45) is 5.92 Å². The molecule has 3 nitrogen and oxygen atoms in total. The fourth-order valence-corrected chi connectivity index (χ4v) is 3.04. The normalized spacial score (nSPS) is 23.0. The maximum Gasteiger partial charge on any atom is 0.314 e. The SMILES string of the molecule is CCCCCCCCCCCC=CC=CC1(O)C=CC=CC1C(=O)O. The average Bonchev–Trinajstić information content (AvgIpc) is 2.59. The Morgan fingerprint density at radius 1 is 1.00 bits per heavy atom. The predicted octanol–water partition coefficient (Wildman–Crippen LogP) is 5.58. The van der Waals surface area contributed by atoms with Gasteiger partial charge in [0.05, 0.1) is 0 Å². The number of aliphatic hydroxyl groups is 1. The maximum absolute atomic E-state index is 11.2. The van der Waals surface area contributed by atoms with E-state index in [1.807, 2.05) is 6.08 Å². The smallest absolute Gasteiger partial charge is 0.314 e. The zero-order valence-corrected chi connectivity index (χ0v) is 15.6. The van der Waals surface area contributed by atoms with E-state index in [0.717, 1.165) is 6.42 Å². The minimum Gasteiger partial charge on any atom is -0.481 e. The Morgan fingerprint density at radius 3 is 2.28 bits per heavy atom. The van der Waals surface area contributed by atoms with Gasteiger partial charge in [0.1, 0.15) is 11.5 Å². The summed E-state index contributed by atoms with van der Waals surface area (Å²) < 4.78 is 0. The number of aliphatic carboxylic acids is 1. The summed E-state index contributed by atoms with van der Waals surface area (Å²) in [5.41, 5.74) is -1.44. The van der Waals surface area contributed by atoms with E-state index in [4.69, 9.17) is 0 Å². The quantitative estimate of drug-likeness (QED) is 0.338. The first kappa shape index (κ1) is 21.4. The predicted molar refractivity (Wildman–Crippen MR) is 104 cm³/mol. The van der Waals surface area contributed by atoms with Crippen LogP contribution in [0.2, 0.25) is 0 Å². The zero-order chi connectivity index (χ0) is 18.4. The van der Waals surface area contributed by atoms with Gasteiger partial charge in [0.15, 0.2) is 0 Å². The van der Waals surface area contributed by atoms with Crippen molar-refractivity contribution in [3.05, 3.63) is 48.6 Å². The van der Waals surface area contributed by atoms with Crippen LogP contribution in [-0.4, -0.2) is 21.8 Å². The van der Waals surface area contributed by atoms with E-state index in [1.54, 1.807) is 24.3 Å². The minimum atomic E-state index is -1.44. The highest BCUT2D eigenvalue weighted by atomic mass is 16.4. The number of unbranched alkanes of at least 4 members (excludes halogenated alkanes) is 9. The monoisotopic (exact) mass is 346 g/mol. The van der Waals surface area contributed by atoms with Gasteiger partial charge in [-0.2, -0.15) is 0 Å². The van der Waals surface area contributed by atoms with Gasteiger partial charge in [0.2, 0.25) is 0 Å². The minimum absolute atomic E-state index is 0.931. The van der Waals surface area contributed by atoms with E-state index >= 15 is 0 Å². The van der Waals surface area contributed by atoms with Crippen LogP contribution in [0.5, 0.6) is 0 Å². The molecule has 2 atom stereocenters. The van der Waals surface area contributed by atoms with Gasteiger partial charge in [-0.05, 0) is 25.0 Å². The van der Waals surface area contributed by atoms with Crippen LogP contribution < -0.4 is 0 Å². The van der Waals surface area contributed by atoms with Crippen molar-refractivity contribution in [2.75, 3.05) is 0 Å². The molecular weight excluding hydrogens is 312 g/mol. The molecule has 0 amide bonds. The van der Waals surface area contributed by atoms with Gasteiger partial charge < -0.3 is 10.2 Å². The standard InChI is InChI=1S/C22H34O3/c1-2-3-4-5-6-7-8-9-10-11-12-13-15-18-22(25)19-16-14-17-20(22)21(23)24/h12-20,25H,2-11H2,1H3,(H,23,24). The second-order valence-electron chi connectivity index (χ2n) is 6.85. The molecule has 140 valence electrons. The fraction of sp³-hybridized carbons (Fsp3) is 0.591. The van der Waals surface area contributed by atoms with Crippen LogP contribution >= 0.6 is 0 Å². The summed E-state index contributed by atoms with van der Waals surface area (Å²) in [6, 6.07) is 0. The lowest BCUT2D eigenvalue weighted by Gasteiger charge is -2.27. The second kappa shape index (κ2) is 12.7. The topological polar surface area (TPSA) is 57.5 Å². The Bertz CT molecular complexity index is 488. The lowest BCUT2D eigenvalue weighted by atomic mass is 9.83. The van der Waals surface area contributed by atoms with E-state index < -0.39 is 17.5 Å². The Balaban J connectivity index is 2.14. The van der Waals surface area contributed by atoms with Crippen LogP contribution in [-0.2, 0) is 4.79 Å². The first-order chi connectivity index (χ1) is 12.1. The van der Waals surface area contributed by atoms with Gasteiger partial charge in [-0.1, -0.05) is 94.7 Å². The van der Waals surface area contributed by atoms with E-state index in [2.05, 4.69) is 13.0 Å². The van der Waals surface area contributed by atoms with Gasteiger partial charge >= 0.3 is 5.97 Å². The summed E-state index contributed by atoms with van der Waals surface area (Å²) in [4.78, 5) is 11.2. The highest BCUT2D eigenvalue weighted by Crippen LogP contribution is 2.26. The molecule has 0 aromatic rings. The van der Waals surface area contributed by atoms with E-state index in [-0.39, 0.29) is 0 Å².